The van der Waals surface area contributed by atoms with E-state index in [1.165, 1.54) is 0 Å². The molecule has 0 bridgehead atoms. The van der Waals surface area contributed by atoms with E-state index in [1.54, 1.807) is 0 Å². The Hall–Kier alpha value is -2.54. The van der Waals surface area contributed by atoms with Gasteiger partial charge in [-0.25, -0.2) is 0 Å². The molecule has 0 aliphatic carbocycles. The lowest BCUT2D eigenvalue weighted by Crippen LogP contribution is -2.09. The summed E-state index contributed by atoms with van der Waals surface area (Å²) in [7, 11) is 0. The summed E-state index contributed by atoms with van der Waals surface area (Å²) in [4.78, 5) is 2.23. The summed E-state index contributed by atoms with van der Waals surface area (Å²) in [6, 6.07) is 31.8. The first-order chi connectivity index (χ1) is 9.45. The molecule has 0 saturated carbocycles. The average Bonchev–Trinajstić information content (AvgIpc) is 2.51. The van der Waals surface area contributed by atoms with Crippen LogP contribution in [0.1, 0.15) is 0 Å². The normalized spacial score (nSPS) is 10.1. The van der Waals surface area contributed by atoms with Crippen molar-refractivity contribution in [3.8, 4) is 0 Å². The van der Waals surface area contributed by atoms with Gasteiger partial charge in [0, 0.05) is 17.1 Å². The van der Waals surface area contributed by atoms with Gasteiger partial charge in [0.05, 0.1) is 0 Å². The number of nitrogens with zero attached hydrogens (tertiary/aromatic N) is 1. The van der Waals surface area contributed by atoms with Crippen molar-refractivity contribution in [2.24, 2.45) is 0 Å². The maximum atomic E-state index is 3.06. The monoisotopic (exact) mass is 244 g/mol. The van der Waals surface area contributed by atoms with Crippen molar-refractivity contribution in [3.05, 3.63) is 91.0 Å². The molecule has 1 nitrogen and oxygen atoms in total. The molecular formula is C18H14N. The first kappa shape index (κ1) is 11.5. The van der Waals surface area contributed by atoms with Crippen LogP contribution in [0.4, 0.5) is 17.1 Å². The second-order valence-corrected chi connectivity index (χ2v) is 4.26. The predicted molar refractivity (Wildman–Crippen MR) is 80.0 cm³/mol. The van der Waals surface area contributed by atoms with Crippen molar-refractivity contribution in [2.75, 3.05) is 4.90 Å². The third kappa shape index (κ3) is 2.50. The molecule has 0 saturated heterocycles. The molecular weight excluding hydrogens is 230 g/mol. The van der Waals surface area contributed by atoms with Crippen LogP contribution in [-0.2, 0) is 0 Å². The molecule has 0 spiro atoms. The topological polar surface area (TPSA) is 3.24 Å². The van der Waals surface area contributed by atoms with E-state index >= 15 is 0 Å². The molecule has 0 unspecified atom stereocenters. The van der Waals surface area contributed by atoms with E-state index in [-0.39, 0.29) is 0 Å². The van der Waals surface area contributed by atoms with Gasteiger partial charge in [0.15, 0.2) is 0 Å². The minimum Gasteiger partial charge on any atom is -0.311 e. The van der Waals surface area contributed by atoms with Crippen LogP contribution in [-0.4, -0.2) is 0 Å². The van der Waals surface area contributed by atoms with E-state index in [1.807, 2.05) is 24.3 Å². The van der Waals surface area contributed by atoms with E-state index in [4.69, 9.17) is 0 Å². The summed E-state index contributed by atoms with van der Waals surface area (Å²) in [5.74, 6) is 0. The fraction of sp³-hybridized carbons (Fsp3) is 0. The van der Waals surface area contributed by atoms with Crippen molar-refractivity contribution >= 4 is 17.1 Å². The third-order valence-corrected chi connectivity index (χ3v) is 2.99. The molecule has 1 radical (unpaired) electrons. The van der Waals surface area contributed by atoms with E-state index in [9.17, 15) is 0 Å². The van der Waals surface area contributed by atoms with Gasteiger partial charge in [0.1, 0.15) is 0 Å². The predicted octanol–water partition coefficient (Wildman–Crippen LogP) is 4.96. The Morgan fingerprint density at radius 3 is 1.42 bits per heavy atom. The van der Waals surface area contributed by atoms with Crippen LogP contribution in [0, 0.1) is 6.07 Å². The lowest BCUT2D eigenvalue weighted by atomic mass is 10.2. The summed E-state index contributed by atoms with van der Waals surface area (Å²) in [6.07, 6.45) is 0. The van der Waals surface area contributed by atoms with Crippen molar-refractivity contribution < 1.29 is 0 Å². The van der Waals surface area contributed by atoms with Gasteiger partial charge in [0.25, 0.3) is 0 Å². The van der Waals surface area contributed by atoms with E-state index in [2.05, 4.69) is 71.6 Å². The molecule has 0 aromatic heterocycles. The fourth-order valence-electron chi connectivity index (χ4n) is 2.13. The fourth-order valence-corrected chi connectivity index (χ4v) is 2.13. The number of hydrogen-bond acceptors (Lipinski definition) is 1. The maximum absolute atomic E-state index is 3.06. The highest BCUT2D eigenvalue weighted by Gasteiger charge is 2.10. The SMILES string of the molecule is [c]1ccc(N(c2ccccc2)c2ccccc2)cc1. The van der Waals surface area contributed by atoms with Gasteiger partial charge in [-0.1, -0.05) is 48.5 Å². The largest absolute Gasteiger partial charge is 0.311 e. The molecule has 19 heavy (non-hydrogen) atoms. The lowest BCUT2D eigenvalue weighted by Gasteiger charge is -2.25. The molecule has 0 amide bonds. The van der Waals surface area contributed by atoms with E-state index in [0.717, 1.165) is 17.1 Å². The quantitative estimate of drug-likeness (QED) is 0.629. The van der Waals surface area contributed by atoms with Crippen LogP contribution in [0.3, 0.4) is 0 Å². The molecule has 0 heterocycles. The minimum atomic E-state index is 1.14. The van der Waals surface area contributed by atoms with E-state index < -0.39 is 0 Å². The highest BCUT2D eigenvalue weighted by atomic mass is 15.1. The van der Waals surface area contributed by atoms with Gasteiger partial charge in [-0.15, -0.1) is 0 Å². The van der Waals surface area contributed by atoms with E-state index in [0.29, 0.717) is 0 Å². The molecule has 0 aliphatic heterocycles. The van der Waals surface area contributed by atoms with Gasteiger partial charge < -0.3 is 4.90 Å². The zero-order chi connectivity index (χ0) is 12.9. The summed E-state index contributed by atoms with van der Waals surface area (Å²) in [6.45, 7) is 0. The Balaban J connectivity index is 2.12. The number of rotatable bonds is 3. The van der Waals surface area contributed by atoms with Gasteiger partial charge in [-0.05, 0) is 42.5 Å². The van der Waals surface area contributed by atoms with Crippen LogP contribution >= 0.6 is 0 Å². The Labute approximate surface area is 113 Å². The Bertz CT molecular complexity index is 524. The summed E-state index contributed by atoms with van der Waals surface area (Å²) in [5.41, 5.74) is 3.44. The van der Waals surface area contributed by atoms with Crippen LogP contribution in [0.15, 0.2) is 84.9 Å². The smallest absolute Gasteiger partial charge is 0.0462 e. The van der Waals surface area contributed by atoms with Gasteiger partial charge in [0.2, 0.25) is 0 Å². The standard InChI is InChI=1S/C18H14N/c1-4-10-16(11-5-1)19(17-12-6-2-7-13-17)18-14-8-3-9-15-18/h1-2,4-15H. The van der Waals surface area contributed by atoms with Crippen LogP contribution in [0.5, 0.6) is 0 Å². The highest BCUT2D eigenvalue weighted by Crippen LogP contribution is 2.33. The summed E-state index contributed by atoms with van der Waals surface area (Å²) in [5, 5.41) is 0. The Morgan fingerprint density at radius 2 is 0.947 bits per heavy atom. The molecule has 3 aromatic rings. The average molecular weight is 244 g/mol. The van der Waals surface area contributed by atoms with Gasteiger partial charge >= 0.3 is 0 Å². The first-order valence-corrected chi connectivity index (χ1v) is 6.31. The Morgan fingerprint density at radius 1 is 0.526 bits per heavy atom. The second-order valence-electron chi connectivity index (χ2n) is 4.26. The van der Waals surface area contributed by atoms with Crippen LogP contribution < -0.4 is 4.90 Å². The van der Waals surface area contributed by atoms with Gasteiger partial charge in [-0.2, -0.15) is 0 Å². The molecule has 91 valence electrons. The molecule has 0 N–H and O–H groups in total. The number of hydrogen-bond donors (Lipinski definition) is 0. The number of para-hydroxylation sites is 2. The third-order valence-electron chi connectivity index (χ3n) is 2.99. The number of anilines is 3. The molecule has 0 fully saturated rings. The second kappa shape index (κ2) is 5.40. The van der Waals surface area contributed by atoms with Gasteiger partial charge in [-0.3, -0.25) is 0 Å². The van der Waals surface area contributed by atoms with Crippen LogP contribution in [0.25, 0.3) is 0 Å². The lowest BCUT2D eigenvalue weighted by molar-refractivity contribution is 1.28. The molecule has 1 heteroatoms. The highest BCUT2D eigenvalue weighted by molar-refractivity contribution is 5.76. The first-order valence-electron chi connectivity index (χ1n) is 6.31. The molecule has 3 aromatic carbocycles. The van der Waals surface area contributed by atoms with Crippen LogP contribution in [0.2, 0.25) is 0 Å². The van der Waals surface area contributed by atoms with Crippen molar-refractivity contribution in [2.45, 2.75) is 0 Å². The molecule has 0 atom stereocenters. The molecule has 3 rings (SSSR count). The maximum Gasteiger partial charge on any atom is 0.0462 e. The molecule has 0 aliphatic rings. The minimum absolute atomic E-state index is 1.14. The van der Waals surface area contributed by atoms with Crippen molar-refractivity contribution in [1.29, 1.82) is 0 Å². The van der Waals surface area contributed by atoms with Crippen molar-refractivity contribution in [1.82, 2.24) is 0 Å². The zero-order valence-electron chi connectivity index (χ0n) is 10.5. The summed E-state index contributed by atoms with van der Waals surface area (Å²) >= 11 is 0. The van der Waals surface area contributed by atoms with Crippen molar-refractivity contribution in [3.63, 3.8) is 0 Å². The zero-order valence-corrected chi connectivity index (χ0v) is 10.5. The summed E-state index contributed by atoms with van der Waals surface area (Å²) < 4.78 is 0. The number of benzene rings is 3. The Kier molecular flexibility index (Phi) is 3.28.